The Bertz CT molecular complexity index is 1070. The number of piperidine rings is 1. The molecule has 2 aromatic rings. The number of carbonyl (C=O) groups is 1. The maximum atomic E-state index is 13.8. The summed E-state index contributed by atoms with van der Waals surface area (Å²) in [4.78, 5) is 34.9. The Hall–Kier alpha value is -3.28. The number of rotatable bonds is 3. The van der Waals surface area contributed by atoms with E-state index in [1.807, 2.05) is 11.0 Å². The second-order valence-electron chi connectivity index (χ2n) is 7.68. The lowest BCUT2D eigenvalue weighted by molar-refractivity contribution is -0.119. The highest BCUT2D eigenvalue weighted by molar-refractivity contribution is 5.98. The van der Waals surface area contributed by atoms with Crippen LogP contribution in [0.3, 0.4) is 0 Å². The molecule has 2 N–H and O–H groups in total. The molecule has 156 valence electrons. The van der Waals surface area contributed by atoms with E-state index in [1.54, 1.807) is 0 Å². The van der Waals surface area contributed by atoms with Gasteiger partial charge in [0.15, 0.2) is 0 Å². The number of anilines is 2. The summed E-state index contributed by atoms with van der Waals surface area (Å²) in [5.74, 6) is -4.42. The topological polar surface area (TPSA) is 102 Å². The summed E-state index contributed by atoms with van der Waals surface area (Å²) >= 11 is 0. The predicted octanol–water partition coefficient (Wildman–Crippen LogP) is 3.04. The number of benzene rings is 1. The van der Waals surface area contributed by atoms with Crippen LogP contribution in [0.1, 0.15) is 49.7 Å². The van der Waals surface area contributed by atoms with Gasteiger partial charge in [-0.1, -0.05) is 6.92 Å². The van der Waals surface area contributed by atoms with Crippen molar-refractivity contribution in [2.45, 2.75) is 44.6 Å². The number of aromatic nitrogens is 2. The Morgan fingerprint density at radius 3 is 2.63 bits per heavy atom. The average molecular weight is 413 g/mol. The largest absolute Gasteiger partial charge is 0.339 e. The zero-order valence-corrected chi connectivity index (χ0v) is 16.4. The minimum absolute atomic E-state index is 0.0277. The van der Waals surface area contributed by atoms with Crippen LogP contribution in [0.5, 0.6) is 0 Å². The molecule has 0 radical (unpaired) electrons. The number of nitrogens with zero attached hydrogens (tertiary/aromatic N) is 3. The molecule has 1 fully saturated rings. The summed E-state index contributed by atoms with van der Waals surface area (Å²) in [6.07, 6.45) is 3.92. The van der Waals surface area contributed by atoms with Gasteiger partial charge in [-0.2, -0.15) is 10.2 Å². The third kappa shape index (κ3) is 3.43. The number of H-pyrrole nitrogens is 1. The smallest absolute Gasteiger partial charge is 0.258 e. The van der Waals surface area contributed by atoms with Crippen LogP contribution in [-0.2, 0) is 4.79 Å². The second kappa shape index (κ2) is 7.86. The van der Waals surface area contributed by atoms with Crippen molar-refractivity contribution in [3.63, 3.8) is 0 Å². The highest BCUT2D eigenvalue weighted by Gasteiger charge is 2.41. The zero-order valence-electron chi connectivity index (χ0n) is 16.4. The first-order chi connectivity index (χ1) is 14.4. The van der Waals surface area contributed by atoms with Gasteiger partial charge in [0.1, 0.15) is 23.4 Å². The molecule has 1 amide bonds. The number of nitriles is 1. The molecule has 1 saturated heterocycles. The van der Waals surface area contributed by atoms with Crippen LogP contribution in [0, 0.1) is 28.9 Å². The first kappa shape index (κ1) is 20.0. The van der Waals surface area contributed by atoms with E-state index < -0.39 is 34.9 Å². The van der Waals surface area contributed by atoms with Crippen molar-refractivity contribution in [1.82, 2.24) is 9.97 Å². The summed E-state index contributed by atoms with van der Waals surface area (Å²) in [5.41, 5.74) is -0.468. The van der Waals surface area contributed by atoms with Crippen LogP contribution in [0.15, 0.2) is 23.0 Å². The van der Waals surface area contributed by atoms with E-state index in [-0.39, 0.29) is 23.0 Å². The van der Waals surface area contributed by atoms with Crippen LogP contribution < -0.4 is 15.8 Å². The average Bonchev–Trinajstić information content (AvgIpc) is 2.71. The van der Waals surface area contributed by atoms with Gasteiger partial charge in [0.2, 0.25) is 11.9 Å². The molecule has 0 aliphatic carbocycles. The van der Waals surface area contributed by atoms with Gasteiger partial charge in [-0.3, -0.25) is 14.6 Å². The van der Waals surface area contributed by atoms with Crippen LogP contribution in [0.25, 0.3) is 0 Å². The summed E-state index contributed by atoms with van der Waals surface area (Å²) in [5, 5.41) is 12.1. The van der Waals surface area contributed by atoms with E-state index in [2.05, 4.69) is 22.2 Å². The van der Waals surface area contributed by atoms with Gasteiger partial charge in [0.25, 0.3) is 5.56 Å². The third-order valence-corrected chi connectivity index (χ3v) is 5.86. The van der Waals surface area contributed by atoms with Gasteiger partial charge in [0.05, 0.1) is 11.6 Å². The molecule has 0 saturated carbocycles. The first-order valence-corrected chi connectivity index (χ1v) is 10.00. The molecule has 30 heavy (non-hydrogen) atoms. The molecule has 7 nitrogen and oxygen atoms in total. The predicted molar refractivity (Wildman–Crippen MR) is 106 cm³/mol. The highest BCUT2D eigenvalue weighted by Crippen LogP contribution is 2.39. The zero-order chi connectivity index (χ0) is 21.4. The molecule has 3 atom stereocenters. The molecule has 0 spiro atoms. The molecule has 1 aromatic heterocycles. The van der Waals surface area contributed by atoms with Crippen molar-refractivity contribution in [3.8, 4) is 6.07 Å². The van der Waals surface area contributed by atoms with Gasteiger partial charge in [-0.15, -0.1) is 0 Å². The van der Waals surface area contributed by atoms with E-state index in [9.17, 15) is 23.6 Å². The molecule has 3 unspecified atom stereocenters. The van der Waals surface area contributed by atoms with Crippen molar-refractivity contribution in [2.75, 3.05) is 16.8 Å². The summed E-state index contributed by atoms with van der Waals surface area (Å²) < 4.78 is 27.7. The lowest BCUT2D eigenvalue weighted by atomic mass is 9.79. The number of amides is 1. The number of carbonyl (C=O) groups excluding carboxylic acids is 1. The molecule has 9 heteroatoms. The fourth-order valence-corrected chi connectivity index (χ4v) is 4.45. The standard InChI is InChI=1S/C21H21F2N5O2/c1-2-14-5-3-4-6-28(14)21-26-18-17(20(30)27-21)16(15(10-24)19(29)25-18)11-7-12(22)9-13(23)8-11/h7-9,14-16H,2-6H2,1H3,(H2,25,26,27,29,30). The second-order valence-corrected chi connectivity index (χ2v) is 7.68. The van der Waals surface area contributed by atoms with E-state index in [0.29, 0.717) is 12.0 Å². The van der Waals surface area contributed by atoms with Crippen LogP contribution in [0.4, 0.5) is 20.5 Å². The van der Waals surface area contributed by atoms with Gasteiger partial charge in [0, 0.05) is 24.6 Å². The molecular formula is C21H21F2N5O2. The SMILES string of the molecule is CCC1CCCCN1c1nc2c(c(=O)[nH]1)C(c1cc(F)cc(F)c1)C(C#N)C(=O)N2. The molecule has 4 rings (SSSR count). The molecule has 2 aliphatic rings. The number of nitrogens with one attached hydrogen (secondary N) is 2. The quantitative estimate of drug-likeness (QED) is 0.805. The number of hydrogen-bond donors (Lipinski definition) is 2. The fourth-order valence-electron chi connectivity index (χ4n) is 4.45. The first-order valence-electron chi connectivity index (χ1n) is 10.00. The fraction of sp³-hybridized carbons (Fsp3) is 0.429. The van der Waals surface area contributed by atoms with Crippen molar-refractivity contribution in [1.29, 1.82) is 5.26 Å². The monoisotopic (exact) mass is 413 g/mol. The summed E-state index contributed by atoms with van der Waals surface area (Å²) in [6, 6.07) is 4.84. The highest BCUT2D eigenvalue weighted by atomic mass is 19.1. The van der Waals surface area contributed by atoms with Gasteiger partial charge >= 0.3 is 0 Å². The van der Waals surface area contributed by atoms with E-state index >= 15 is 0 Å². The minimum Gasteiger partial charge on any atom is -0.339 e. The van der Waals surface area contributed by atoms with Gasteiger partial charge in [-0.05, 0) is 43.4 Å². The lowest BCUT2D eigenvalue weighted by Crippen LogP contribution is -2.43. The molecule has 2 aliphatic heterocycles. The molecule has 0 bridgehead atoms. The van der Waals surface area contributed by atoms with E-state index in [0.717, 1.165) is 44.4 Å². The van der Waals surface area contributed by atoms with Crippen molar-refractivity contribution in [3.05, 3.63) is 51.3 Å². The van der Waals surface area contributed by atoms with Crippen LogP contribution in [0.2, 0.25) is 0 Å². The van der Waals surface area contributed by atoms with Gasteiger partial charge < -0.3 is 10.2 Å². The maximum absolute atomic E-state index is 13.8. The Balaban J connectivity index is 1.86. The van der Waals surface area contributed by atoms with E-state index in [4.69, 9.17) is 0 Å². The number of hydrogen-bond acceptors (Lipinski definition) is 5. The molecule has 1 aromatic carbocycles. The Kier molecular flexibility index (Phi) is 5.24. The Morgan fingerprint density at radius 1 is 1.23 bits per heavy atom. The van der Waals surface area contributed by atoms with Crippen molar-refractivity contribution >= 4 is 17.7 Å². The normalized spacial score (nSPS) is 23.5. The summed E-state index contributed by atoms with van der Waals surface area (Å²) in [6.45, 7) is 2.79. The van der Waals surface area contributed by atoms with Crippen LogP contribution >= 0.6 is 0 Å². The van der Waals surface area contributed by atoms with Crippen molar-refractivity contribution < 1.29 is 13.6 Å². The third-order valence-electron chi connectivity index (χ3n) is 5.86. The summed E-state index contributed by atoms with van der Waals surface area (Å²) in [7, 11) is 0. The molecular weight excluding hydrogens is 392 g/mol. The van der Waals surface area contributed by atoms with Crippen molar-refractivity contribution in [2.24, 2.45) is 5.92 Å². The number of halogens is 2. The Labute approximate surface area is 171 Å². The number of aromatic amines is 1. The lowest BCUT2D eigenvalue weighted by Gasteiger charge is -2.36. The van der Waals surface area contributed by atoms with Gasteiger partial charge in [-0.25, -0.2) is 8.78 Å². The van der Waals surface area contributed by atoms with Crippen LogP contribution in [-0.4, -0.2) is 28.5 Å². The maximum Gasteiger partial charge on any atom is 0.258 e. The Morgan fingerprint density at radius 2 is 1.97 bits per heavy atom. The number of fused-ring (bicyclic) bond motifs is 1. The minimum atomic E-state index is -1.31. The van der Waals surface area contributed by atoms with E-state index in [1.165, 1.54) is 0 Å². The molecule has 3 heterocycles.